The second kappa shape index (κ2) is 7.36. The molecular formula is C15H19NO3. The Bertz CT molecular complexity index is 452. The fourth-order valence-electron chi connectivity index (χ4n) is 1.55. The third kappa shape index (κ3) is 4.95. The largest absolute Gasteiger partial charge is 0.468 e. The van der Waals surface area contributed by atoms with Crippen molar-refractivity contribution in [2.75, 3.05) is 13.7 Å². The molecule has 19 heavy (non-hydrogen) atoms. The zero-order valence-corrected chi connectivity index (χ0v) is 11.5. The molecule has 0 aromatic heterocycles. The summed E-state index contributed by atoms with van der Waals surface area (Å²) in [6.45, 7) is 3.68. The van der Waals surface area contributed by atoms with Crippen molar-refractivity contribution in [3.8, 4) is 0 Å². The minimum atomic E-state index is -0.421. The Morgan fingerprint density at radius 2 is 1.89 bits per heavy atom. The van der Waals surface area contributed by atoms with E-state index in [0.29, 0.717) is 0 Å². The van der Waals surface area contributed by atoms with E-state index < -0.39 is 5.97 Å². The maximum absolute atomic E-state index is 12.0. The van der Waals surface area contributed by atoms with E-state index in [9.17, 15) is 9.59 Å². The van der Waals surface area contributed by atoms with E-state index >= 15 is 0 Å². The Kier molecular flexibility index (Phi) is 5.79. The lowest BCUT2D eigenvalue weighted by molar-refractivity contribution is -0.146. The molecule has 1 rings (SSSR count). The van der Waals surface area contributed by atoms with Crippen molar-refractivity contribution >= 4 is 18.0 Å². The first-order valence-electron chi connectivity index (χ1n) is 6.15. The maximum Gasteiger partial charge on any atom is 0.325 e. The van der Waals surface area contributed by atoms with Crippen LogP contribution in [0.25, 0.3) is 6.08 Å². The van der Waals surface area contributed by atoms with Gasteiger partial charge in [0.15, 0.2) is 0 Å². The lowest BCUT2D eigenvalue weighted by atomic mass is 10.2. The summed E-state index contributed by atoms with van der Waals surface area (Å²) in [5.41, 5.74) is 0.942. The van der Waals surface area contributed by atoms with Crippen LogP contribution in [0.3, 0.4) is 0 Å². The summed E-state index contributed by atoms with van der Waals surface area (Å²) in [7, 11) is 1.31. The van der Waals surface area contributed by atoms with Crippen LogP contribution in [0, 0.1) is 0 Å². The molecule has 0 saturated heterocycles. The molecule has 0 heterocycles. The topological polar surface area (TPSA) is 46.6 Å². The molecule has 102 valence electrons. The Morgan fingerprint density at radius 1 is 1.26 bits per heavy atom. The SMILES string of the molecule is COC(=O)CN(C(=O)/C=C/c1ccccc1)C(C)C. The van der Waals surface area contributed by atoms with Gasteiger partial charge in [0.1, 0.15) is 6.54 Å². The number of nitrogens with zero attached hydrogens (tertiary/aromatic N) is 1. The van der Waals surface area contributed by atoms with Gasteiger partial charge in [-0.1, -0.05) is 30.3 Å². The summed E-state index contributed by atoms with van der Waals surface area (Å²) in [4.78, 5) is 24.8. The summed E-state index contributed by atoms with van der Waals surface area (Å²) in [5.74, 6) is -0.626. The van der Waals surface area contributed by atoms with Crippen molar-refractivity contribution < 1.29 is 14.3 Å². The van der Waals surface area contributed by atoms with Gasteiger partial charge in [-0.25, -0.2) is 0 Å². The number of amides is 1. The van der Waals surface area contributed by atoms with Crippen LogP contribution in [0.4, 0.5) is 0 Å². The van der Waals surface area contributed by atoms with E-state index in [0.717, 1.165) is 5.56 Å². The number of hydrogen-bond donors (Lipinski definition) is 0. The first-order chi connectivity index (χ1) is 9.04. The van der Waals surface area contributed by atoms with E-state index in [1.165, 1.54) is 18.1 Å². The van der Waals surface area contributed by atoms with Gasteiger partial charge in [-0.15, -0.1) is 0 Å². The monoisotopic (exact) mass is 261 g/mol. The van der Waals surface area contributed by atoms with Crippen LogP contribution in [0.1, 0.15) is 19.4 Å². The molecule has 0 unspecified atom stereocenters. The number of carbonyl (C=O) groups excluding carboxylic acids is 2. The second-order valence-corrected chi connectivity index (χ2v) is 4.38. The van der Waals surface area contributed by atoms with Crippen molar-refractivity contribution in [1.82, 2.24) is 4.90 Å². The molecule has 4 nitrogen and oxygen atoms in total. The number of benzene rings is 1. The zero-order valence-electron chi connectivity index (χ0n) is 11.5. The molecule has 0 aliphatic rings. The van der Waals surface area contributed by atoms with Gasteiger partial charge < -0.3 is 9.64 Å². The van der Waals surface area contributed by atoms with Gasteiger partial charge in [0.25, 0.3) is 0 Å². The summed E-state index contributed by atoms with van der Waals surface area (Å²) in [6.07, 6.45) is 3.20. The van der Waals surface area contributed by atoms with Crippen LogP contribution in [-0.2, 0) is 14.3 Å². The van der Waals surface area contributed by atoms with E-state index in [4.69, 9.17) is 0 Å². The van der Waals surface area contributed by atoms with Gasteiger partial charge in [-0.2, -0.15) is 0 Å². The van der Waals surface area contributed by atoms with Gasteiger partial charge in [-0.05, 0) is 25.5 Å². The Labute approximate surface area is 113 Å². The van der Waals surface area contributed by atoms with Crippen LogP contribution < -0.4 is 0 Å². The molecule has 1 aromatic carbocycles. The quantitative estimate of drug-likeness (QED) is 0.602. The highest BCUT2D eigenvalue weighted by Gasteiger charge is 2.18. The van der Waals surface area contributed by atoms with Gasteiger partial charge in [0.2, 0.25) is 5.91 Å². The molecule has 0 aliphatic heterocycles. The normalized spacial score (nSPS) is 10.7. The fraction of sp³-hybridized carbons (Fsp3) is 0.333. The van der Waals surface area contributed by atoms with Crippen molar-refractivity contribution in [1.29, 1.82) is 0 Å². The summed E-state index contributed by atoms with van der Waals surface area (Å²) in [5, 5.41) is 0. The van der Waals surface area contributed by atoms with Crippen LogP contribution in [-0.4, -0.2) is 36.5 Å². The number of hydrogen-bond acceptors (Lipinski definition) is 3. The zero-order chi connectivity index (χ0) is 14.3. The number of carbonyl (C=O) groups is 2. The lowest BCUT2D eigenvalue weighted by Gasteiger charge is -2.23. The number of esters is 1. The Balaban J connectivity index is 2.72. The van der Waals surface area contributed by atoms with Crippen molar-refractivity contribution in [2.24, 2.45) is 0 Å². The van der Waals surface area contributed by atoms with E-state index in [1.807, 2.05) is 44.2 Å². The Hall–Kier alpha value is -2.10. The number of methoxy groups -OCH3 is 1. The Morgan fingerprint density at radius 3 is 2.42 bits per heavy atom. The highest BCUT2D eigenvalue weighted by Crippen LogP contribution is 2.05. The molecule has 0 aliphatic carbocycles. The third-order valence-electron chi connectivity index (χ3n) is 2.65. The number of rotatable bonds is 5. The van der Waals surface area contributed by atoms with Crippen molar-refractivity contribution in [3.05, 3.63) is 42.0 Å². The van der Waals surface area contributed by atoms with Crippen LogP contribution in [0.2, 0.25) is 0 Å². The predicted molar refractivity (Wildman–Crippen MR) is 74.3 cm³/mol. The van der Waals surface area contributed by atoms with Crippen molar-refractivity contribution in [3.63, 3.8) is 0 Å². The highest BCUT2D eigenvalue weighted by atomic mass is 16.5. The summed E-state index contributed by atoms with van der Waals surface area (Å²) in [6, 6.07) is 9.47. The van der Waals surface area contributed by atoms with Crippen LogP contribution in [0.5, 0.6) is 0 Å². The standard InChI is InChI=1S/C15H19NO3/c1-12(2)16(11-15(18)19-3)14(17)10-9-13-7-5-4-6-8-13/h4-10,12H,11H2,1-3H3/b10-9+. The summed E-state index contributed by atoms with van der Waals surface area (Å²) >= 11 is 0. The molecule has 0 radical (unpaired) electrons. The average Bonchev–Trinajstić information content (AvgIpc) is 2.42. The van der Waals surface area contributed by atoms with E-state index in [2.05, 4.69) is 4.74 Å². The molecule has 1 aromatic rings. The second-order valence-electron chi connectivity index (χ2n) is 4.38. The molecule has 0 atom stereocenters. The molecule has 0 N–H and O–H groups in total. The lowest BCUT2D eigenvalue weighted by Crippen LogP contribution is -2.40. The van der Waals surface area contributed by atoms with Gasteiger partial charge in [0, 0.05) is 12.1 Å². The molecular weight excluding hydrogens is 242 g/mol. The van der Waals surface area contributed by atoms with E-state index in [-0.39, 0.29) is 18.5 Å². The number of ether oxygens (including phenoxy) is 1. The van der Waals surface area contributed by atoms with Gasteiger partial charge >= 0.3 is 5.97 Å². The van der Waals surface area contributed by atoms with E-state index in [1.54, 1.807) is 6.08 Å². The molecule has 0 spiro atoms. The molecule has 1 amide bonds. The van der Waals surface area contributed by atoms with Crippen LogP contribution >= 0.6 is 0 Å². The molecule has 0 fully saturated rings. The molecule has 0 bridgehead atoms. The average molecular weight is 261 g/mol. The summed E-state index contributed by atoms with van der Waals surface area (Å²) < 4.78 is 4.59. The maximum atomic E-state index is 12.0. The van der Waals surface area contributed by atoms with Gasteiger partial charge in [-0.3, -0.25) is 9.59 Å². The third-order valence-corrected chi connectivity index (χ3v) is 2.65. The van der Waals surface area contributed by atoms with Crippen molar-refractivity contribution in [2.45, 2.75) is 19.9 Å². The minimum Gasteiger partial charge on any atom is -0.468 e. The molecule has 4 heteroatoms. The van der Waals surface area contributed by atoms with Crippen LogP contribution in [0.15, 0.2) is 36.4 Å². The fourth-order valence-corrected chi connectivity index (χ4v) is 1.55. The minimum absolute atomic E-state index is 0.0356. The molecule has 0 saturated carbocycles. The predicted octanol–water partition coefficient (Wildman–Crippen LogP) is 2.11. The highest BCUT2D eigenvalue weighted by molar-refractivity contribution is 5.93. The van der Waals surface area contributed by atoms with Gasteiger partial charge in [0.05, 0.1) is 7.11 Å². The smallest absolute Gasteiger partial charge is 0.325 e. The first-order valence-corrected chi connectivity index (χ1v) is 6.15. The first kappa shape index (κ1) is 15.0.